The van der Waals surface area contributed by atoms with E-state index in [4.69, 9.17) is 4.74 Å². The van der Waals surface area contributed by atoms with Gasteiger partial charge in [-0.3, -0.25) is 0 Å². The fraction of sp³-hybridized carbons (Fsp3) is 0.438. The molecule has 2 atom stereocenters. The number of aryl methyl sites for hydroxylation is 2. The summed E-state index contributed by atoms with van der Waals surface area (Å²) in [5.41, 5.74) is 3.47. The van der Waals surface area contributed by atoms with Gasteiger partial charge in [0, 0.05) is 11.3 Å². The third-order valence-corrected chi connectivity index (χ3v) is 4.93. The zero-order valence-corrected chi connectivity index (χ0v) is 12.6. The maximum Gasteiger partial charge on any atom is 0.109 e. The van der Waals surface area contributed by atoms with E-state index in [-0.39, 0.29) is 6.10 Å². The van der Waals surface area contributed by atoms with Gasteiger partial charge in [0.25, 0.3) is 0 Å². The van der Waals surface area contributed by atoms with Crippen LogP contribution in [0.1, 0.15) is 32.8 Å². The van der Waals surface area contributed by atoms with E-state index in [0.717, 1.165) is 22.7 Å². The zero-order valence-electron chi connectivity index (χ0n) is 11.8. The van der Waals surface area contributed by atoms with Gasteiger partial charge in [0.05, 0.1) is 23.4 Å². The SMILES string of the molecule is Cc1nc(CC(O)C2OCCc3ccccc32)sc1C. The Hall–Kier alpha value is -1.23. The molecule has 1 aromatic carbocycles. The summed E-state index contributed by atoms with van der Waals surface area (Å²) in [6, 6.07) is 8.22. The molecule has 1 aromatic heterocycles. The predicted molar refractivity (Wildman–Crippen MR) is 80.1 cm³/mol. The largest absolute Gasteiger partial charge is 0.390 e. The molecule has 2 aromatic rings. The van der Waals surface area contributed by atoms with Gasteiger partial charge in [-0.05, 0) is 31.4 Å². The molecule has 2 heterocycles. The first-order chi connectivity index (χ1) is 9.65. The number of rotatable bonds is 3. The van der Waals surface area contributed by atoms with Crippen molar-refractivity contribution in [3.05, 3.63) is 51.0 Å². The number of nitrogens with zero attached hydrogens (tertiary/aromatic N) is 1. The van der Waals surface area contributed by atoms with Crippen LogP contribution in [0.5, 0.6) is 0 Å². The molecule has 4 heteroatoms. The third kappa shape index (κ3) is 2.64. The summed E-state index contributed by atoms with van der Waals surface area (Å²) in [6.45, 7) is 4.75. The summed E-state index contributed by atoms with van der Waals surface area (Å²) >= 11 is 1.66. The van der Waals surface area contributed by atoms with E-state index >= 15 is 0 Å². The van der Waals surface area contributed by atoms with Crippen molar-refractivity contribution < 1.29 is 9.84 Å². The first-order valence-corrected chi connectivity index (χ1v) is 7.77. The van der Waals surface area contributed by atoms with Crippen LogP contribution in [0.25, 0.3) is 0 Å². The second-order valence-corrected chi connectivity index (χ2v) is 6.55. The van der Waals surface area contributed by atoms with E-state index in [1.807, 2.05) is 19.1 Å². The number of thiazole rings is 1. The number of hydrogen-bond donors (Lipinski definition) is 1. The number of aliphatic hydroxyl groups excluding tert-OH is 1. The number of aromatic nitrogens is 1. The maximum atomic E-state index is 10.5. The van der Waals surface area contributed by atoms with Crippen LogP contribution in [-0.2, 0) is 17.6 Å². The standard InChI is InChI=1S/C16H19NO2S/c1-10-11(2)20-15(17-10)9-14(18)16-13-6-4-3-5-12(13)7-8-19-16/h3-6,14,16,18H,7-9H2,1-2H3. The Morgan fingerprint density at radius 3 is 2.95 bits per heavy atom. The van der Waals surface area contributed by atoms with Gasteiger partial charge in [0.2, 0.25) is 0 Å². The molecular formula is C16H19NO2S. The van der Waals surface area contributed by atoms with Crippen molar-refractivity contribution in [2.75, 3.05) is 6.61 Å². The smallest absolute Gasteiger partial charge is 0.109 e. The maximum absolute atomic E-state index is 10.5. The Bertz CT molecular complexity index is 589. The van der Waals surface area contributed by atoms with Crippen LogP contribution < -0.4 is 0 Å². The average molecular weight is 289 g/mol. The highest BCUT2D eigenvalue weighted by Gasteiger charge is 2.28. The molecule has 1 aliphatic heterocycles. The molecule has 0 bridgehead atoms. The Morgan fingerprint density at radius 2 is 2.20 bits per heavy atom. The van der Waals surface area contributed by atoms with Gasteiger partial charge in [0.1, 0.15) is 6.10 Å². The normalized spacial score (nSPS) is 19.6. The lowest BCUT2D eigenvalue weighted by Crippen LogP contribution is -2.28. The Morgan fingerprint density at radius 1 is 1.40 bits per heavy atom. The van der Waals surface area contributed by atoms with E-state index in [9.17, 15) is 5.11 Å². The van der Waals surface area contributed by atoms with Crippen molar-refractivity contribution in [2.24, 2.45) is 0 Å². The molecule has 0 saturated heterocycles. The number of hydrogen-bond acceptors (Lipinski definition) is 4. The lowest BCUT2D eigenvalue weighted by Gasteiger charge is -2.29. The van der Waals surface area contributed by atoms with Crippen molar-refractivity contribution in [2.45, 2.75) is 38.9 Å². The molecule has 2 unspecified atom stereocenters. The average Bonchev–Trinajstić information content (AvgIpc) is 2.76. The fourth-order valence-corrected chi connectivity index (χ4v) is 3.64. The van der Waals surface area contributed by atoms with E-state index in [2.05, 4.69) is 24.0 Å². The highest BCUT2D eigenvalue weighted by atomic mass is 32.1. The van der Waals surface area contributed by atoms with Crippen LogP contribution in [0.15, 0.2) is 24.3 Å². The minimum Gasteiger partial charge on any atom is -0.390 e. The van der Waals surface area contributed by atoms with Crippen LogP contribution in [0.3, 0.4) is 0 Å². The minimum atomic E-state index is -0.540. The van der Waals surface area contributed by atoms with E-state index in [1.54, 1.807) is 11.3 Å². The second-order valence-electron chi connectivity index (χ2n) is 5.26. The molecule has 3 rings (SSSR count). The van der Waals surface area contributed by atoms with Gasteiger partial charge in [-0.25, -0.2) is 4.98 Å². The molecule has 20 heavy (non-hydrogen) atoms. The predicted octanol–water partition coefficient (Wildman–Crippen LogP) is 2.98. The molecule has 0 aliphatic carbocycles. The lowest BCUT2D eigenvalue weighted by atomic mass is 9.93. The van der Waals surface area contributed by atoms with E-state index in [0.29, 0.717) is 13.0 Å². The van der Waals surface area contributed by atoms with Crippen LogP contribution in [-0.4, -0.2) is 22.8 Å². The summed E-state index contributed by atoms with van der Waals surface area (Å²) in [4.78, 5) is 5.72. The van der Waals surface area contributed by atoms with Crippen LogP contribution in [0.2, 0.25) is 0 Å². The Labute approximate surface area is 123 Å². The molecule has 0 saturated carbocycles. The third-order valence-electron chi connectivity index (χ3n) is 3.84. The topological polar surface area (TPSA) is 42.4 Å². The van der Waals surface area contributed by atoms with Crippen molar-refractivity contribution in [3.8, 4) is 0 Å². The molecule has 1 aliphatic rings. The second kappa shape index (κ2) is 5.64. The number of fused-ring (bicyclic) bond motifs is 1. The summed E-state index contributed by atoms with van der Waals surface area (Å²) in [7, 11) is 0. The molecule has 0 amide bonds. The number of benzene rings is 1. The fourth-order valence-electron chi connectivity index (χ4n) is 2.66. The highest BCUT2D eigenvalue weighted by molar-refractivity contribution is 7.11. The molecule has 106 valence electrons. The van der Waals surface area contributed by atoms with Gasteiger partial charge in [-0.2, -0.15) is 0 Å². The number of aliphatic hydroxyl groups is 1. The van der Waals surface area contributed by atoms with Crippen molar-refractivity contribution >= 4 is 11.3 Å². The Balaban J connectivity index is 1.79. The molecule has 1 N–H and O–H groups in total. The van der Waals surface area contributed by atoms with Crippen molar-refractivity contribution in [1.82, 2.24) is 4.98 Å². The first-order valence-electron chi connectivity index (χ1n) is 6.95. The van der Waals surface area contributed by atoms with E-state index in [1.165, 1.54) is 10.4 Å². The quantitative estimate of drug-likeness (QED) is 0.944. The summed E-state index contributed by atoms with van der Waals surface area (Å²) in [5.74, 6) is 0. The molecule has 0 fully saturated rings. The van der Waals surface area contributed by atoms with Gasteiger partial charge in [-0.1, -0.05) is 24.3 Å². The van der Waals surface area contributed by atoms with Crippen LogP contribution in [0.4, 0.5) is 0 Å². The lowest BCUT2D eigenvalue weighted by molar-refractivity contribution is -0.0460. The van der Waals surface area contributed by atoms with Crippen LogP contribution in [0, 0.1) is 13.8 Å². The van der Waals surface area contributed by atoms with Crippen molar-refractivity contribution in [1.29, 1.82) is 0 Å². The van der Waals surface area contributed by atoms with Gasteiger partial charge in [0.15, 0.2) is 0 Å². The van der Waals surface area contributed by atoms with Gasteiger partial charge < -0.3 is 9.84 Å². The zero-order chi connectivity index (χ0) is 14.1. The monoisotopic (exact) mass is 289 g/mol. The van der Waals surface area contributed by atoms with Crippen molar-refractivity contribution in [3.63, 3.8) is 0 Å². The highest BCUT2D eigenvalue weighted by Crippen LogP contribution is 2.31. The first kappa shape index (κ1) is 13.7. The van der Waals surface area contributed by atoms with Gasteiger partial charge >= 0.3 is 0 Å². The van der Waals surface area contributed by atoms with Crippen LogP contribution >= 0.6 is 11.3 Å². The molecule has 0 radical (unpaired) electrons. The van der Waals surface area contributed by atoms with E-state index < -0.39 is 6.10 Å². The summed E-state index contributed by atoms with van der Waals surface area (Å²) < 4.78 is 5.80. The number of ether oxygens (including phenoxy) is 1. The molecule has 3 nitrogen and oxygen atoms in total. The Kier molecular flexibility index (Phi) is 3.87. The minimum absolute atomic E-state index is 0.232. The molecule has 0 spiro atoms. The summed E-state index contributed by atoms with van der Waals surface area (Å²) in [6.07, 6.45) is 0.707. The molecular weight excluding hydrogens is 270 g/mol. The summed E-state index contributed by atoms with van der Waals surface area (Å²) in [5, 5.41) is 11.5. The van der Waals surface area contributed by atoms with Gasteiger partial charge in [-0.15, -0.1) is 11.3 Å².